The molecule has 3 nitrogen and oxygen atoms in total. The molecule has 0 amide bonds. The summed E-state index contributed by atoms with van der Waals surface area (Å²) < 4.78 is 7.67. The molecule has 0 fully saturated rings. The average molecular weight is 367 g/mol. The minimum atomic E-state index is -0.349. The molecule has 0 atom stereocenters. The maximum Gasteiger partial charge on any atom is 0.339 e. The van der Waals surface area contributed by atoms with Crippen LogP contribution in [0.4, 0.5) is 0 Å². The van der Waals surface area contributed by atoms with Crippen LogP contribution in [-0.4, -0.2) is 10.5 Å². The predicted molar refractivity (Wildman–Crippen MR) is 114 cm³/mol. The molecule has 0 unspecified atom stereocenters. The number of rotatable bonds is 4. The van der Waals surface area contributed by atoms with Crippen LogP contribution in [0.1, 0.15) is 12.5 Å². The Bertz CT molecular complexity index is 1160. The van der Waals surface area contributed by atoms with Gasteiger partial charge in [-0.15, -0.1) is 0 Å². The van der Waals surface area contributed by atoms with Gasteiger partial charge in [0, 0.05) is 29.1 Å². The largest absolute Gasteiger partial charge is 0.423 e. The molecular weight excluding hydrogens is 346 g/mol. The molecule has 0 saturated carbocycles. The number of ether oxygens (including phenoxy) is 1. The van der Waals surface area contributed by atoms with Crippen molar-refractivity contribution >= 4 is 22.9 Å². The maximum atomic E-state index is 12.6. The normalized spacial score (nSPS) is 11.6. The van der Waals surface area contributed by atoms with Gasteiger partial charge in [0.2, 0.25) is 0 Å². The van der Waals surface area contributed by atoms with Gasteiger partial charge in [-0.25, -0.2) is 4.79 Å². The van der Waals surface area contributed by atoms with Gasteiger partial charge in [-0.1, -0.05) is 66.7 Å². The van der Waals surface area contributed by atoms with E-state index in [1.807, 2.05) is 54.6 Å². The Balaban J connectivity index is 1.81. The number of benzene rings is 3. The molecule has 0 N–H and O–H groups in total. The Hall–Kier alpha value is -3.59. The fourth-order valence-electron chi connectivity index (χ4n) is 3.47. The van der Waals surface area contributed by atoms with E-state index >= 15 is 0 Å². The fourth-order valence-corrected chi connectivity index (χ4v) is 3.47. The summed E-state index contributed by atoms with van der Waals surface area (Å²) >= 11 is 0. The molecule has 4 rings (SSSR count). The smallest absolute Gasteiger partial charge is 0.339 e. The molecule has 1 aromatic heterocycles. The summed E-state index contributed by atoms with van der Waals surface area (Å²) in [4.78, 5) is 12.6. The van der Waals surface area contributed by atoms with E-state index in [1.54, 1.807) is 19.1 Å². The molecular formula is C25H21NO2. The number of aryl methyl sites for hydroxylation is 1. The topological polar surface area (TPSA) is 31.2 Å². The molecule has 0 bridgehead atoms. The van der Waals surface area contributed by atoms with Crippen molar-refractivity contribution in [3.63, 3.8) is 0 Å². The van der Waals surface area contributed by atoms with Crippen LogP contribution >= 0.6 is 0 Å². The van der Waals surface area contributed by atoms with E-state index in [0.29, 0.717) is 11.3 Å². The summed E-state index contributed by atoms with van der Waals surface area (Å²) in [5.74, 6) is 0.194. The lowest BCUT2D eigenvalue weighted by Crippen LogP contribution is -2.09. The SMILES string of the molecule is CC(=Cc1c(-c2ccccc2)n(C)c2ccccc12)C(=O)Oc1ccccc1. The number of aromatic nitrogens is 1. The van der Waals surface area contributed by atoms with Crippen molar-refractivity contribution < 1.29 is 9.53 Å². The Labute approximate surface area is 164 Å². The minimum Gasteiger partial charge on any atom is -0.423 e. The van der Waals surface area contributed by atoms with Crippen LogP contribution in [0.3, 0.4) is 0 Å². The molecule has 0 aliphatic rings. The van der Waals surface area contributed by atoms with E-state index in [9.17, 15) is 4.79 Å². The molecule has 0 radical (unpaired) electrons. The first-order valence-corrected chi connectivity index (χ1v) is 9.23. The first-order valence-electron chi connectivity index (χ1n) is 9.23. The molecule has 3 heteroatoms. The number of hydrogen-bond acceptors (Lipinski definition) is 2. The number of carbonyl (C=O) groups excluding carboxylic acids is 1. The summed E-state index contributed by atoms with van der Waals surface area (Å²) in [6, 6.07) is 27.6. The minimum absolute atomic E-state index is 0.349. The Morgan fingerprint density at radius 3 is 2.18 bits per heavy atom. The van der Waals surface area contributed by atoms with E-state index in [-0.39, 0.29) is 5.97 Å². The molecule has 0 aliphatic heterocycles. The molecule has 138 valence electrons. The third kappa shape index (κ3) is 3.35. The Morgan fingerprint density at radius 2 is 1.46 bits per heavy atom. The van der Waals surface area contributed by atoms with Gasteiger partial charge in [-0.05, 0) is 36.8 Å². The van der Waals surface area contributed by atoms with Gasteiger partial charge in [-0.3, -0.25) is 0 Å². The van der Waals surface area contributed by atoms with Crippen molar-refractivity contribution in [2.75, 3.05) is 0 Å². The molecule has 28 heavy (non-hydrogen) atoms. The Kier molecular flexibility index (Phi) is 4.81. The fraction of sp³-hybridized carbons (Fsp3) is 0.0800. The third-order valence-corrected chi connectivity index (χ3v) is 4.83. The van der Waals surface area contributed by atoms with Crippen LogP contribution in [0, 0.1) is 0 Å². The zero-order valence-corrected chi connectivity index (χ0v) is 15.9. The second-order valence-electron chi connectivity index (χ2n) is 6.73. The number of fused-ring (bicyclic) bond motifs is 1. The maximum absolute atomic E-state index is 12.6. The second-order valence-corrected chi connectivity index (χ2v) is 6.73. The van der Waals surface area contributed by atoms with Gasteiger partial charge in [0.15, 0.2) is 0 Å². The van der Waals surface area contributed by atoms with E-state index in [1.165, 1.54) is 0 Å². The average Bonchev–Trinajstić information content (AvgIpc) is 3.01. The number of esters is 1. The summed E-state index contributed by atoms with van der Waals surface area (Å²) in [6.45, 7) is 1.79. The van der Waals surface area contributed by atoms with Crippen LogP contribution < -0.4 is 4.74 Å². The van der Waals surface area contributed by atoms with Gasteiger partial charge in [0.25, 0.3) is 0 Å². The van der Waals surface area contributed by atoms with Crippen molar-refractivity contribution in [2.24, 2.45) is 7.05 Å². The third-order valence-electron chi connectivity index (χ3n) is 4.83. The molecule has 0 saturated heterocycles. The van der Waals surface area contributed by atoms with Gasteiger partial charge < -0.3 is 9.30 Å². The molecule has 4 aromatic rings. The quantitative estimate of drug-likeness (QED) is 0.257. The first kappa shape index (κ1) is 17.8. The van der Waals surface area contributed by atoms with Crippen LogP contribution in [0.5, 0.6) is 5.75 Å². The zero-order valence-electron chi connectivity index (χ0n) is 15.9. The van der Waals surface area contributed by atoms with Crippen molar-refractivity contribution in [3.8, 4) is 17.0 Å². The number of para-hydroxylation sites is 2. The first-order chi connectivity index (χ1) is 13.6. The standard InChI is InChI=1S/C25H21NO2/c1-18(25(27)28-20-13-7-4-8-14-20)17-22-21-15-9-10-16-23(21)26(2)24(22)19-11-5-3-6-12-19/h3-17H,1-2H3. The highest BCUT2D eigenvalue weighted by Gasteiger charge is 2.17. The van der Waals surface area contributed by atoms with Crippen LogP contribution in [-0.2, 0) is 11.8 Å². The van der Waals surface area contributed by atoms with Gasteiger partial charge in [0.05, 0.1) is 5.69 Å². The van der Waals surface area contributed by atoms with Crippen molar-refractivity contribution in [3.05, 3.63) is 96.1 Å². The van der Waals surface area contributed by atoms with E-state index in [4.69, 9.17) is 4.74 Å². The lowest BCUT2D eigenvalue weighted by atomic mass is 10.0. The van der Waals surface area contributed by atoms with Gasteiger partial charge in [-0.2, -0.15) is 0 Å². The van der Waals surface area contributed by atoms with Crippen molar-refractivity contribution in [1.82, 2.24) is 4.57 Å². The summed E-state index contributed by atoms with van der Waals surface area (Å²) in [6.07, 6.45) is 1.93. The zero-order chi connectivity index (χ0) is 19.5. The van der Waals surface area contributed by atoms with Gasteiger partial charge in [0.1, 0.15) is 5.75 Å². The summed E-state index contributed by atoms with van der Waals surface area (Å²) in [5.41, 5.74) is 4.88. The van der Waals surface area contributed by atoms with E-state index in [0.717, 1.165) is 27.7 Å². The number of carbonyl (C=O) groups is 1. The second kappa shape index (κ2) is 7.57. The van der Waals surface area contributed by atoms with E-state index in [2.05, 4.69) is 35.9 Å². The van der Waals surface area contributed by atoms with Crippen LogP contribution in [0.15, 0.2) is 90.5 Å². The number of nitrogens with zero attached hydrogens (tertiary/aromatic N) is 1. The monoisotopic (exact) mass is 367 g/mol. The summed E-state index contributed by atoms with van der Waals surface area (Å²) in [7, 11) is 2.06. The molecule has 0 spiro atoms. The highest BCUT2D eigenvalue weighted by Crippen LogP contribution is 2.34. The van der Waals surface area contributed by atoms with Crippen LogP contribution in [0.25, 0.3) is 28.2 Å². The molecule has 3 aromatic carbocycles. The van der Waals surface area contributed by atoms with Crippen LogP contribution in [0.2, 0.25) is 0 Å². The predicted octanol–water partition coefficient (Wildman–Crippen LogP) is 5.85. The highest BCUT2D eigenvalue weighted by molar-refractivity contribution is 6.02. The van der Waals surface area contributed by atoms with E-state index < -0.39 is 0 Å². The lowest BCUT2D eigenvalue weighted by molar-refractivity contribution is -0.130. The van der Waals surface area contributed by atoms with Crippen molar-refractivity contribution in [2.45, 2.75) is 6.92 Å². The van der Waals surface area contributed by atoms with Gasteiger partial charge >= 0.3 is 5.97 Å². The molecule has 1 heterocycles. The van der Waals surface area contributed by atoms with Crippen molar-refractivity contribution in [1.29, 1.82) is 0 Å². The molecule has 0 aliphatic carbocycles. The highest BCUT2D eigenvalue weighted by atomic mass is 16.5. The lowest BCUT2D eigenvalue weighted by Gasteiger charge is -2.08. The number of hydrogen-bond donors (Lipinski definition) is 0. The Morgan fingerprint density at radius 1 is 0.857 bits per heavy atom. The summed E-state index contributed by atoms with van der Waals surface area (Å²) in [5, 5.41) is 1.11.